The van der Waals surface area contributed by atoms with E-state index >= 15 is 0 Å². The number of anilines is 2. The topological polar surface area (TPSA) is 49.4 Å². The molecular weight excluding hydrogens is 348 g/mol. The highest BCUT2D eigenvalue weighted by Crippen LogP contribution is 2.15. The molecular formula is C24H32N2O2. The van der Waals surface area contributed by atoms with Gasteiger partial charge in [-0.25, -0.2) is 0 Å². The van der Waals surface area contributed by atoms with Crippen LogP contribution in [0, 0.1) is 6.92 Å². The van der Waals surface area contributed by atoms with Crippen LogP contribution < -0.4 is 10.2 Å². The molecule has 0 atom stereocenters. The van der Waals surface area contributed by atoms with E-state index in [-0.39, 0.29) is 11.8 Å². The Morgan fingerprint density at radius 2 is 1.36 bits per heavy atom. The van der Waals surface area contributed by atoms with Gasteiger partial charge in [0.05, 0.1) is 0 Å². The average molecular weight is 381 g/mol. The molecule has 2 aromatic rings. The Labute approximate surface area is 169 Å². The van der Waals surface area contributed by atoms with E-state index in [2.05, 4.69) is 5.32 Å². The summed E-state index contributed by atoms with van der Waals surface area (Å²) >= 11 is 0. The molecule has 0 unspecified atom stereocenters. The summed E-state index contributed by atoms with van der Waals surface area (Å²) in [6.45, 7) is 2.03. The van der Waals surface area contributed by atoms with Crippen LogP contribution in [0.15, 0.2) is 54.6 Å². The third kappa shape index (κ3) is 7.95. The number of unbranched alkanes of at least 4 members (excludes halogenated alkanes) is 5. The number of para-hydroxylation sites is 1. The maximum Gasteiger partial charge on any atom is 0.226 e. The molecule has 4 nitrogen and oxygen atoms in total. The second kappa shape index (κ2) is 12.0. The van der Waals surface area contributed by atoms with Crippen LogP contribution >= 0.6 is 0 Å². The Kier molecular flexibility index (Phi) is 9.26. The minimum Gasteiger partial charge on any atom is -0.326 e. The van der Waals surface area contributed by atoms with Gasteiger partial charge in [-0.3, -0.25) is 9.59 Å². The van der Waals surface area contributed by atoms with Gasteiger partial charge in [-0.05, 0) is 44.0 Å². The van der Waals surface area contributed by atoms with Crippen molar-refractivity contribution < 1.29 is 9.59 Å². The predicted molar refractivity (Wildman–Crippen MR) is 117 cm³/mol. The van der Waals surface area contributed by atoms with Gasteiger partial charge in [0.2, 0.25) is 11.8 Å². The molecule has 28 heavy (non-hydrogen) atoms. The average Bonchev–Trinajstić information content (AvgIpc) is 2.71. The van der Waals surface area contributed by atoms with E-state index in [9.17, 15) is 9.59 Å². The summed E-state index contributed by atoms with van der Waals surface area (Å²) in [5, 5.41) is 2.94. The Bertz CT molecular complexity index is 726. The van der Waals surface area contributed by atoms with Crippen molar-refractivity contribution in [1.82, 2.24) is 0 Å². The van der Waals surface area contributed by atoms with Crippen molar-refractivity contribution in [2.75, 3.05) is 17.3 Å². The van der Waals surface area contributed by atoms with Crippen LogP contribution in [0.1, 0.15) is 56.9 Å². The summed E-state index contributed by atoms with van der Waals surface area (Å²) < 4.78 is 0. The summed E-state index contributed by atoms with van der Waals surface area (Å²) in [6.07, 6.45) is 7.32. The first-order chi connectivity index (χ1) is 13.6. The van der Waals surface area contributed by atoms with Gasteiger partial charge in [0, 0.05) is 31.3 Å². The van der Waals surface area contributed by atoms with Gasteiger partial charge < -0.3 is 10.2 Å². The van der Waals surface area contributed by atoms with Crippen molar-refractivity contribution in [3.05, 3.63) is 60.2 Å². The zero-order valence-corrected chi connectivity index (χ0v) is 17.1. The van der Waals surface area contributed by atoms with Gasteiger partial charge >= 0.3 is 0 Å². The maximum absolute atomic E-state index is 12.2. The fourth-order valence-corrected chi connectivity index (χ4v) is 3.09. The molecule has 0 fully saturated rings. The number of hydrogen-bond donors (Lipinski definition) is 1. The number of aryl methyl sites for hydroxylation is 1. The van der Waals surface area contributed by atoms with Crippen molar-refractivity contribution in [2.45, 2.75) is 58.3 Å². The zero-order valence-electron chi connectivity index (χ0n) is 17.1. The highest BCUT2D eigenvalue weighted by Gasteiger charge is 2.09. The van der Waals surface area contributed by atoms with E-state index in [0.29, 0.717) is 12.8 Å². The fraction of sp³-hybridized carbons (Fsp3) is 0.417. The maximum atomic E-state index is 12.2. The van der Waals surface area contributed by atoms with Crippen molar-refractivity contribution in [3.63, 3.8) is 0 Å². The number of carbonyl (C=O) groups is 2. The van der Waals surface area contributed by atoms with Crippen molar-refractivity contribution >= 4 is 23.2 Å². The van der Waals surface area contributed by atoms with Crippen LogP contribution in [0.25, 0.3) is 0 Å². The Morgan fingerprint density at radius 1 is 0.786 bits per heavy atom. The molecule has 0 radical (unpaired) electrons. The first kappa shape index (κ1) is 21.7. The monoisotopic (exact) mass is 380 g/mol. The fourth-order valence-electron chi connectivity index (χ4n) is 3.09. The van der Waals surface area contributed by atoms with Gasteiger partial charge in [0.25, 0.3) is 0 Å². The molecule has 0 aromatic heterocycles. The number of hydrogen-bond acceptors (Lipinski definition) is 2. The first-order valence-corrected chi connectivity index (χ1v) is 10.2. The highest BCUT2D eigenvalue weighted by atomic mass is 16.2. The summed E-state index contributed by atoms with van der Waals surface area (Å²) in [6, 6.07) is 17.6. The van der Waals surface area contributed by atoms with Gasteiger partial charge in [-0.1, -0.05) is 61.6 Å². The first-order valence-electron chi connectivity index (χ1n) is 10.2. The van der Waals surface area contributed by atoms with E-state index in [1.807, 2.05) is 68.6 Å². The largest absolute Gasteiger partial charge is 0.326 e. The minimum atomic E-state index is 0.0819. The van der Waals surface area contributed by atoms with E-state index in [4.69, 9.17) is 0 Å². The van der Waals surface area contributed by atoms with Crippen LogP contribution in [-0.4, -0.2) is 18.9 Å². The van der Waals surface area contributed by atoms with Gasteiger partial charge in [-0.15, -0.1) is 0 Å². The molecule has 0 saturated heterocycles. The molecule has 4 heteroatoms. The van der Waals surface area contributed by atoms with E-state index in [1.165, 1.54) is 5.56 Å². The van der Waals surface area contributed by atoms with E-state index in [1.54, 1.807) is 4.90 Å². The Hall–Kier alpha value is -2.62. The molecule has 0 bridgehead atoms. The molecule has 0 spiro atoms. The number of nitrogens with one attached hydrogen (secondary N) is 1. The van der Waals surface area contributed by atoms with Crippen LogP contribution in [-0.2, 0) is 9.59 Å². The predicted octanol–water partition coefficient (Wildman–Crippen LogP) is 5.72. The standard InChI is InChI=1S/C24H32N2O2/c1-20-16-18-21(19-17-20)25-23(27)14-10-5-3-4-6-11-15-24(28)26(2)22-12-8-7-9-13-22/h7-9,12-13,16-19H,3-6,10-11,14-15H2,1-2H3,(H,25,27). The van der Waals surface area contributed by atoms with Crippen molar-refractivity contribution in [3.8, 4) is 0 Å². The molecule has 0 aliphatic carbocycles. The minimum absolute atomic E-state index is 0.0819. The molecule has 0 aliphatic rings. The number of nitrogens with zero attached hydrogens (tertiary/aromatic N) is 1. The van der Waals surface area contributed by atoms with Crippen LogP contribution in [0.4, 0.5) is 11.4 Å². The van der Waals surface area contributed by atoms with Gasteiger partial charge in [0.1, 0.15) is 0 Å². The third-order valence-corrected chi connectivity index (χ3v) is 4.90. The lowest BCUT2D eigenvalue weighted by molar-refractivity contribution is -0.118. The molecule has 1 N–H and O–H groups in total. The molecule has 0 heterocycles. The van der Waals surface area contributed by atoms with E-state index in [0.717, 1.165) is 49.9 Å². The SMILES string of the molecule is Cc1ccc(NC(=O)CCCCCCCCC(=O)N(C)c2ccccc2)cc1. The highest BCUT2D eigenvalue weighted by molar-refractivity contribution is 5.92. The number of amides is 2. The normalized spacial score (nSPS) is 10.5. The molecule has 2 rings (SSSR count). The second-order valence-electron chi connectivity index (χ2n) is 7.32. The number of benzene rings is 2. The molecule has 2 aromatic carbocycles. The van der Waals surface area contributed by atoms with Crippen molar-refractivity contribution in [2.24, 2.45) is 0 Å². The van der Waals surface area contributed by atoms with Crippen LogP contribution in [0.3, 0.4) is 0 Å². The summed E-state index contributed by atoms with van der Waals surface area (Å²) in [5.74, 6) is 0.248. The lowest BCUT2D eigenvalue weighted by Crippen LogP contribution is -2.25. The number of rotatable bonds is 11. The smallest absolute Gasteiger partial charge is 0.226 e. The molecule has 0 saturated carbocycles. The second-order valence-corrected chi connectivity index (χ2v) is 7.32. The summed E-state index contributed by atoms with van der Waals surface area (Å²) in [7, 11) is 1.83. The number of carbonyl (C=O) groups excluding carboxylic acids is 2. The quantitative estimate of drug-likeness (QED) is 0.507. The summed E-state index contributed by atoms with van der Waals surface area (Å²) in [4.78, 5) is 25.9. The van der Waals surface area contributed by atoms with Crippen molar-refractivity contribution in [1.29, 1.82) is 0 Å². The summed E-state index contributed by atoms with van der Waals surface area (Å²) in [5.41, 5.74) is 2.99. The van der Waals surface area contributed by atoms with Crippen LogP contribution in [0.5, 0.6) is 0 Å². The van der Waals surface area contributed by atoms with Crippen LogP contribution in [0.2, 0.25) is 0 Å². The lowest BCUT2D eigenvalue weighted by atomic mass is 10.1. The lowest BCUT2D eigenvalue weighted by Gasteiger charge is -2.17. The Morgan fingerprint density at radius 3 is 2.00 bits per heavy atom. The molecule has 2 amide bonds. The molecule has 150 valence electrons. The molecule has 0 aliphatic heterocycles. The third-order valence-electron chi connectivity index (χ3n) is 4.90. The Balaban J connectivity index is 1.48. The zero-order chi connectivity index (χ0) is 20.2. The van der Waals surface area contributed by atoms with E-state index < -0.39 is 0 Å². The van der Waals surface area contributed by atoms with Gasteiger partial charge in [-0.2, -0.15) is 0 Å². The van der Waals surface area contributed by atoms with Gasteiger partial charge in [0.15, 0.2) is 0 Å².